The lowest BCUT2D eigenvalue weighted by Crippen LogP contribution is -2.23. The summed E-state index contributed by atoms with van der Waals surface area (Å²) < 4.78 is 5.72. The second-order valence-electron chi connectivity index (χ2n) is 4.05. The number of rotatable bonds is 2. The fraction of sp³-hybridized carbons (Fsp3) is 0.455. The van der Waals surface area contributed by atoms with Crippen molar-refractivity contribution in [2.24, 2.45) is 0 Å². The molecule has 0 atom stereocenters. The predicted octanol–water partition coefficient (Wildman–Crippen LogP) is 3.29. The molecule has 2 nitrogen and oxygen atoms in total. The van der Waals surface area contributed by atoms with Gasteiger partial charge in [0.25, 0.3) is 0 Å². The fourth-order valence-corrected chi connectivity index (χ4v) is 1.58. The fourth-order valence-electron chi connectivity index (χ4n) is 1.08. The van der Waals surface area contributed by atoms with Crippen LogP contribution in [0.25, 0.3) is 0 Å². The highest BCUT2D eigenvalue weighted by molar-refractivity contribution is 7.98. The average molecular weight is 212 g/mol. The van der Waals surface area contributed by atoms with Crippen LogP contribution in [0.15, 0.2) is 23.1 Å². The van der Waals surface area contributed by atoms with Gasteiger partial charge in [0.15, 0.2) is 0 Å². The number of phenols is 1. The van der Waals surface area contributed by atoms with Crippen molar-refractivity contribution in [3.63, 3.8) is 0 Å². The summed E-state index contributed by atoms with van der Waals surface area (Å²) in [6, 6.07) is 5.18. The maximum atomic E-state index is 9.34. The molecule has 0 aliphatic heterocycles. The number of thioether (sulfide) groups is 1. The van der Waals surface area contributed by atoms with E-state index in [4.69, 9.17) is 4.74 Å². The monoisotopic (exact) mass is 212 g/mol. The van der Waals surface area contributed by atoms with Gasteiger partial charge in [-0.05, 0) is 39.2 Å². The maximum Gasteiger partial charge on any atom is 0.137 e. The van der Waals surface area contributed by atoms with Crippen molar-refractivity contribution >= 4 is 11.8 Å². The normalized spacial score (nSPS) is 11.4. The molecule has 0 unspecified atom stereocenters. The second-order valence-corrected chi connectivity index (χ2v) is 4.90. The van der Waals surface area contributed by atoms with Crippen LogP contribution in [0.4, 0.5) is 0 Å². The van der Waals surface area contributed by atoms with Crippen molar-refractivity contribution in [2.45, 2.75) is 31.3 Å². The van der Waals surface area contributed by atoms with Crippen LogP contribution in [0.5, 0.6) is 11.5 Å². The molecule has 1 N–H and O–H groups in total. The Morgan fingerprint density at radius 3 is 2.43 bits per heavy atom. The summed E-state index contributed by atoms with van der Waals surface area (Å²) in [4.78, 5) is 1.04. The molecule has 3 heteroatoms. The third-order valence-corrected chi connectivity index (χ3v) is 2.34. The van der Waals surface area contributed by atoms with Gasteiger partial charge in [0.05, 0.1) is 0 Å². The molecule has 0 spiro atoms. The van der Waals surface area contributed by atoms with E-state index in [1.54, 1.807) is 23.9 Å². The van der Waals surface area contributed by atoms with Crippen LogP contribution in [0.1, 0.15) is 20.8 Å². The molecule has 0 radical (unpaired) electrons. The molecule has 78 valence electrons. The van der Waals surface area contributed by atoms with Gasteiger partial charge in [0.2, 0.25) is 0 Å². The minimum absolute atomic E-state index is 0.238. The third kappa shape index (κ3) is 3.14. The summed E-state index contributed by atoms with van der Waals surface area (Å²) in [5.74, 6) is 0.979. The topological polar surface area (TPSA) is 29.5 Å². The molecule has 0 bridgehead atoms. The van der Waals surface area contributed by atoms with Gasteiger partial charge in [-0.25, -0.2) is 0 Å². The van der Waals surface area contributed by atoms with Crippen LogP contribution in [0, 0.1) is 0 Å². The second kappa shape index (κ2) is 4.13. The number of aromatic hydroxyl groups is 1. The highest BCUT2D eigenvalue weighted by atomic mass is 32.2. The van der Waals surface area contributed by atoms with E-state index in [2.05, 4.69) is 0 Å². The standard InChI is InChI=1S/C11H16O2S/c1-11(2,3)13-9-7-8(12)5-6-10(9)14-4/h5-7,12H,1-4H3. The lowest BCUT2D eigenvalue weighted by molar-refractivity contribution is 0.126. The van der Waals surface area contributed by atoms with Crippen LogP contribution in [0.2, 0.25) is 0 Å². The van der Waals surface area contributed by atoms with Gasteiger partial charge in [0.1, 0.15) is 17.1 Å². The molecule has 0 aliphatic carbocycles. The van der Waals surface area contributed by atoms with E-state index in [0.29, 0.717) is 0 Å². The SMILES string of the molecule is CSc1ccc(O)cc1OC(C)(C)C. The van der Waals surface area contributed by atoms with Gasteiger partial charge < -0.3 is 9.84 Å². The van der Waals surface area contributed by atoms with E-state index in [1.807, 2.05) is 33.1 Å². The summed E-state index contributed by atoms with van der Waals surface area (Å²) in [5.41, 5.74) is -0.238. The number of benzene rings is 1. The minimum atomic E-state index is -0.238. The molecule has 0 heterocycles. The summed E-state index contributed by atoms with van der Waals surface area (Å²) >= 11 is 1.61. The van der Waals surface area contributed by atoms with E-state index >= 15 is 0 Å². The molecule has 1 aromatic carbocycles. The Hall–Kier alpha value is -0.830. The summed E-state index contributed by atoms with van der Waals surface area (Å²) in [6.45, 7) is 5.96. The van der Waals surface area contributed by atoms with Gasteiger partial charge in [-0.3, -0.25) is 0 Å². The molecule has 0 aromatic heterocycles. The van der Waals surface area contributed by atoms with E-state index in [1.165, 1.54) is 0 Å². The van der Waals surface area contributed by atoms with E-state index < -0.39 is 0 Å². The molecule has 0 fully saturated rings. The molecular formula is C11H16O2S. The van der Waals surface area contributed by atoms with Crippen molar-refractivity contribution < 1.29 is 9.84 Å². The molecule has 1 rings (SSSR count). The van der Waals surface area contributed by atoms with Crippen molar-refractivity contribution in [1.82, 2.24) is 0 Å². The number of ether oxygens (including phenoxy) is 1. The Kier molecular flexibility index (Phi) is 3.32. The smallest absolute Gasteiger partial charge is 0.137 e. The van der Waals surface area contributed by atoms with Crippen molar-refractivity contribution in [1.29, 1.82) is 0 Å². The summed E-state index contributed by atoms with van der Waals surface area (Å²) in [5, 5.41) is 9.34. The zero-order valence-electron chi connectivity index (χ0n) is 9.00. The van der Waals surface area contributed by atoms with Gasteiger partial charge >= 0.3 is 0 Å². The average Bonchev–Trinajstić information content (AvgIpc) is 2.01. The summed E-state index contributed by atoms with van der Waals surface area (Å²) in [6.07, 6.45) is 1.99. The largest absolute Gasteiger partial charge is 0.508 e. The molecule has 1 aromatic rings. The first-order chi connectivity index (χ1) is 6.42. The molecule has 14 heavy (non-hydrogen) atoms. The highest BCUT2D eigenvalue weighted by Crippen LogP contribution is 2.33. The lowest BCUT2D eigenvalue weighted by Gasteiger charge is -2.22. The number of phenolic OH excluding ortho intramolecular Hbond substituents is 1. The quantitative estimate of drug-likeness (QED) is 0.763. The molecule has 0 amide bonds. The van der Waals surface area contributed by atoms with Crippen LogP contribution < -0.4 is 4.74 Å². The Bertz CT molecular complexity index is 316. The van der Waals surface area contributed by atoms with Crippen molar-refractivity contribution in [3.8, 4) is 11.5 Å². The van der Waals surface area contributed by atoms with Crippen LogP contribution >= 0.6 is 11.8 Å². The first-order valence-corrected chi connectivity index (χ1v) is 5.71. The third-order valence-electron chi connectivity index (χ3n) is 1.56. The van der Waals surface area contributed by atoms with Crippen LogP contribution in [0.3, 0.4) is 0 Å². The predicted molar refractivity (Wildman–Crippen MR) is 60.3 cm³/mol. The Labute approximate surface area is 89.3 Å². The maximum absolute atomic E-state index is 9.34. The number of hydrogen-bond acceptors (Lipinski definition) is 3. The first-order valence-electron chi connectivity index (χ1n) is 4.48. The minimum Gasteiger partial charge on any atom is -0.508 e. The first kappa shape index (κ1) is 11.2. The Balaban J connectivity index is 2.99. The van der Waals surface area contributed by atoms with E-state index in [-0.39, 0.29) is 11.4 Å². The van der Waals surface area contributed by atoms with E-state index in [0.717, 1.165) is 10.6 Å². The molecule has 0 saturated heterocycles. The van der Waals surface area contributed by atoms with E-state index in [9.17, 15) is 5.11 Å². The molecule has 0 aliphatic rings. The van der Waals surface area contributed by atoms with Crippen LogP contribution in [-0.2, 0) is 0 Å². The Morgan fingerprint density at radius 2 is 1.93 bits per heavy atom. The lowest BCUT2D eigenvalue weighted by atomic mass is 10.2. The zero-order valence-corrected chi connectivity index (χ0v) is 9.81. The highest BCUT2D eigenvalue weighted by Gasteiger charge is 2.14. The summed E-state index contributed by atoms with van der Waals surface area (Å²) in [7, 11) is 0. The zero-order chi connectivity index (χ0) is 10.8. The van der Waals surface area contributed by atoms with Gasteiger partial charge in [0, 0.05) is 11.0 Å². The van der Waals surface area contributed by atoms with Gasteiger partial charge in [-0.15, -0.1) is 11.8 Å². The molecule has 0 saturated carbocycles. The van der Waals surface area contributed by atoms with Crippen molar-refractivity contribution in [2.75, 3.05) is 6.26 Å². The number of hydrogen-bond donors (Lipinski definition) is 1. The van der Waals surface area contributed by atoms with Crippen molar-refractivity contribution in [3.05, 3.63) is 18.2 Å². The van der Waals surface area contributed by atoms with Crippen LogP contribution in [-0.4, -0.2) is 17.0 Å². The molecular weight excluding hydrogens is 196 g/mol. The van der Waals surface area contributed by atoms with Gasteiger partial charge in [-0.2, -0.15) is 0 Å². The van der Waals surface area contributed by atoms with Gasteiger partial charge in [-0.1, -0.05) is 0 Å². The Morgan fingerprint density at radius 1 is 1.29 bits per heavy atom.